The van der Waals surface area contributed by atoms with Crippen molar-refractivity contribution in [2.24, 2.45) is 0 Å². The molecule has 0 aliphatic heterocycles. The van der Waals surface area contributed by atoms with Gasteiger partial charge in [0, 0.05) is 75.7 Å². The minimum atomic E-state index is -0.563. The van der Waals surface area contributed by atoms with Crippen LogP contribution in [0.4, 0.5) is 0 Å². The van der Waals surface area contributed by atoms with Gasteiger partial charge < -0.3 is 41.0 Å². The van der Waals surface area contributed by atoms with Gasteiger partial charge in [0.25, 0.3) is 0 Å². The highest BCUT2D eigenvalue weighted by atomic mass is 16.2. The maximum absolute atomic E-state index is 12.9. The maximum atomic E-state index is 12.9. The Morgan fingerprint density at radius 1 is 0.476 bits per heavy atom. The van der Waals surface area contributed by atoms with Gasteiger partial charge in [-0.15, -0.1) is 0 Å². The molecule has 0 spiro atoms. The molecule has 4 atom stereocenters. The van der Waals surface area contributed by atoms with Crippen molar-refractivity contribution in [2.45, 2.75) is 129 Å². The van der Waals surface area contributed by atoms with E-state index in [0.29, 0.717) is 51.5 Å². The summed E-state index contributed by atoms with van der Waals surface area (Å²) in [7, 11) is 3.47. The molecule has 42 heavy (non-hydrogen) atoms. The Bertz CT molecular complexity index is 908. The summed E-state index contributed by atoms with van der Waals surface area (Å²) >= 11 is 0. The van der Waals surface area contributed by atoms with Crippen molar-refractivity contribution < 1.29 is 33.6 Å². The molecule has 4 unspecified atom stereocenters. The molecule has 0 fully saturated rings. The van der Waals surface area contributed by atoms with Crippen LogP contribution in [0, 0.1) is 0 Å². The summed E-state index contributed by atoms with van der Waals surface area (Å²) in [6, 6.07) is -1.29. The molecule has 0 aliphatic rings. The molecule has 0 aliphatic carbocycles. The number of amides is 3. The second-order valence-corrected chi connectivity index (χ2v) is 11.2. The molecular weight excluding hydrogens is 542 g/mol. The third kappa shape index (κ3) is 21.7. The fraction of sp³-hybridized carbons (Fsp3) is 0.767. The predicted octanol–water partition coefficient (Wildman–Crippen LogP) is 1.29. The van der Waals surface area contributed by atoms with E-state index < -0.39 is 12.1 Å². The van der Waals surface area contributed by atoms with Gasteiger partial charge in [-0.25, -0.2) is 0 Å². The molecule has 0 radical (unpaired) electrons. The summed E-state index contributed by atoms with van der Waals surface area (Å²) in [5.41, 5.74) is 0. The molecule has 0 bridgehead atoms. The average Bonchev–Trinajstić information content (AvgIpc) is 2.89. The van der Waals surface area contributed by atoms with E-state index >= 15 is 0 Å². The summed E-state index contributed by atoms with van der Waals surface area (Å²) < 4.78 is 0. The maximum Gasteiger partial charge on any atom is 0.222 e. The van der Waals surface area contributed by atoms with Crippen molar-refractivity contribution in [3.63, 3.8) is 0 Å². The van der Waals surface area contributed by atoms with Crippen molar-refractivity contribution in [3.05, 3.63) is 0 Å². The number of carbonyl (C=O) groups excluding carboxylic acids is 7. The minimum Gasteiger partial charge on any atom is -0.356 e. The zero-order chi connectivity index (χ0) is 32.1. The molecule has 3 amide bonds. The minimum absolute atomic E-state index is 0.0396. The SMILES string of the molecule is CNC(CCC(C)=O)CC(=O)NCCCC(CC(C)=O)NC(=O)CC(CCC(C)=O)NC(=O)CC(CCC(C)=O)NC. The van der Waals surface area contributed by atoms with Crippen molar-refractivity contribution in [3.8, 4) is 0 Å². The second kappa shape index (κ2) is 22.6. The molecule has 5 N–H and O–H groups in total. The molecule has 0 aromatic heterocycles. The van der Waals surface area contributed by atoms with Crippen LogP contribution in [0.2, 0.25) is 0 Å². The highest BCUT2D eigenvalue weighted by molar-refractivity contribution is 5.82. The van der Waals surface area contributed by atoms with E-state index in [1.54, 1.807) is 14.1 Å². The van der Waals surface area contributed by atoms with Crippen LogP contribution >= 0.6 is 0 Å². The molecule has 12 heteroatoms. The van der Waals surface area contributed by atoms with Gasteiger partial charge in [-0.2, -0.15) is 0 Å². The highest BCUT2D eigenvalue weighted by Crippen LogP contribution is 2.09. The van der Waals surface area contributed by atoms with E-state index in [2.05, 4.69) is 26.6 Å². The highest BCUT2D eigenvalue weighted by Gasteiger charge is 2.22. The number of rotatable bonds is 25. The lowest BCUT2D eigenvalue weighted by molar-refractivity contribution is -0.126. The smallest absolute Gasteiger partial charge is 0.222 e. The molecule has 240 valence electrons. The number of hydrogen-bond acceptors (Lipinski definition) is 9. The van der Waals surface area contributed by atoms with Crippen molar-refractivity contribution in [1.82, 2.24) is 26.6 Å². The number of carbonyl (C=O) groups is 7. The van der Waals surface area contributed by atoms with E-state index in [1.165, 1.54) is 27.7 Å². The monoisotopic (exact) mass is 595 g/mol. The first kappa shape index (κ1) is 39.0. The van der Waals surface area contributed by atoms with E-state index in [1.807, 2.05) is 0 Å². The van der Waals surface area contributed by atoms with E-state index in [9.17, 15) is 33.6 Å². The molecule has 0 saturated heterocycles. The van der Waals surface area contributed by atoms with Gasteiger partial charge >= 0.3 is 0 Å². The molecule has 0 saturated carbocycles. The first-order valence-corrected chi connectivity index (χ1v) is 14.9. The third-order valence-electron chi connectivity index (χ3n) is 6.96. The standard InChI is InChI=1S/C30H53N5O7/c1-20(36)9-12-24(31-5)17-28(40)33-15-7-8-26(16-23(4)39)34-30(42)19-27(14-11-22(3)38)35-29(41)18-25(32-6)13-10-21(2)37/h24-27,31-32H,7-19H2,1-6H3,(H,33,40)(H,34,42)(H,35,41). The zero-order valence-electron chi connectivity index (χ0n) is 26.4. The molecule has 0 aromatic rings. The van der Waals surface area contributed by atoms with E-state index in [-0.39, 0.29) is 85.0 Å². The van der Waals surface area contributed by atoms with Gasteiger partial charge in [0.05, 0.1) is 0 Å². The summed E-state index contributed by atoms with van der Waals surface area (Å²) in [6.45, 7) is 6.29. The number of ketones is 4. The fourth-order valence-corrected chi connectivity index (χ4v) is 4.52. The first-order chi connectivity index (χ1) is 19.7. The Morgan fingerprint density at radius 3 is 1.26 bits per heavy atom. The quantitative estimate of drug-likeness (QED) is 0.0972. The fourth-order valence-electron chi connectivity index (χ4n) is 4.52. The van der Waals surface area contributed by atoms with Gasteiger partial charge in [0.15, 0.2) is 0 Å². The molecule has 0 heterocycles. The van der Waals surface area contributed by atoms with E-state index in [4.69, 9.17) is 0 Å². The Labute approximate surface area is 250 Å². The Balaban J connectivity index is 4.95. The van der Waals surface area contributed by atoms with Gasteiger partial charge in [-0.1, -0.05) is 0 Å². The first-order valence-electron chi connectivity index (χ1n) is 14.9. The third-order valence-corrected chi connectivity index (χ3v) is 6.96. The summed E-state index contributed by atoms with van der Waals surface area (Å²) in [5, 5.41) is 14.7. The number of nitrogens with one attached hydrogen (secondary N) is 5. The van der Waals surface area contributed by atoms with Crippen LogP contribution in [0.25, 0.3) is 0 Å². The summed E-state index contributed by atoms with van der Waals surface area (Å²) in [4.78, 5) is 83.8. The Kier molecular flexibility index (Phi) is 21.0. The summed E-state index contributed by atoms with van der Waals surface area (Å²) in [6.07, 6.45) is 3.83. The second-order valence-electron chi connectivity index (χ2n) is 11.2. The lowest BCUT2D eigenvalue weighted by Gasteiger charge is -2.23. The van der Waals surface area contributed by atoms with Gasteiger partial charge in [-0.3, -0.25) is 19.2 Å². The van der Waals surface area contributed by atoms with Crippen molar-refractivity contribution >= 4 is 40.9 Å². The van der Waals surface area contributed by atoms with Crippen LogP contribution in [0.15, 0.2) is 0 Å². The largest absolute Gasteiger partial charge is 0.356 e. The van der Waals surface area contributed by atoms with Gasteiger partial charge in [0.1, 0.15) is 23.1 Å². The Hall–Kier alpha value is -2.99. The van der Waals surface area contributed by atoms with Crippen LogP contribution in [0.5, 0.6) is 0 Å². The molecular formula is C30H53N5O7. The average molecular weight is 596 g/mol. The van der Waals surface area contributed by atoms with E-state index in [0.717, 1.165) is 0 Å². The zero-order valence-corrected chi connectivity index (χ0v) is 26.4. The lowest BCUT2D eigenvalue weighted by atomic mass is 10.0. The summed E-state index contributed by atoms with van der Waals surface area (Å²) in [5.74, 6) is -0.795. The topological polar surface area (TPSA) is 180 Å². The van der Waals surface area contributed by atoms with Crippen LogP contribution in [0.3, 0.4) is 0 Å². The van der Waals surface area contributed by atoms with Gasteiger partial charge in [0.2, 0.25) is 17.7 Å². The number of Topliss-reactive ketones (excluding diaryl/α,β-unsaturated/α-hetero) is 4. The Morgan fingerprint density at radius 2 is 0.857 bits per heavy atom. The molecule has 0 rings (SSSR count). The van der Waals surface area contributed by atoms with Crippen LogP contribution < -0.4 is 26.6 Å². The van der Waals surface area contributed by atoms with Gasteiger partial charge in [-0.05, 0) is 73.9 Å². The predicted molar refractivity (Wildman–Crippen MR) is 161 cm³/mol. The van der Waals surface area contributed by atoms with Crippen molar-refractivity contribution in [1.29, 1.82) is 0 Å². The molecule has 12 nitrogen and oxygen atoms in total. The lowest BCUT2D eigenvalue weighted by Crippen LogP contribution is -2.44. The van der Waals surface area contributed by atoms with Crippen LogP contribution in [-0.2, 0) is 33.6 Å². The van der Waals surface area contributed by atoms with Crippen LogP contribution in [0.1, 0.15) is 105 Å². The van der Waals surface area contributed by atoms with Crippen LogP contribution in [-0.4, -0.2) is 85.7 Å². The normalized spacial score (nSPS) is 13.8. The molecule has 0 aromatic carbocycles. The number of hydrogen-bond donors (Lipinski definition) is 5. The van der Waals surface area contributed by atoms with Crippen molar-refractivity contribution in [2.75, 3.05) is 20.6 Å².